The maximum atomic E-state index is 6.18. The van der Waals surface area contributed by atoms with E-state index in [0.29, 0.717) is 0 Å². The molecule has 19 rings (SSSR count). The van der Waals surface area contributed by atoms with E-state index < -0.39 is 16.2 Å². The molecule has 414 valence electrons. The first-order valence-corrected chi connectivity index (χ1v) is 29.8. The Balaban J connectivity index is 0.987. The third kappa shape index (κ3) is 5.77. The number of methoxy groups -OCH3 is 6. The summed E-state index contributed by atoms with van der Waals surface area (Å²) in [5.41, 5.74) is 33.1. The molecule has 7 aliphatic carbocycles. The van der Waals surface area contributed by atoms with Crippen molar-refractivity contribution in [3.05, 3.63) is 285 Å². The van der Waals surface area contributed by atoms with Crippen LogP contribution in [0.25, 0.3) is 100 Å². The molecule has 12 aromatic rings. The second-order valence-electron chi connectivity index (χ2n) is 24.3. The lowest BCUT2D eigenvalue weighted by Crippen LogP contribution is -2.26. The molecule has 3 spiro atoms. The molecule has 0 amide bonds. The Bertz CT molecular complexity index is 4330. The van der Waals surface area contributed by atoms with Gasteiger partial charge in [0.2, 0.25) is 0 Å². The number of benzene rings is 12. The number of ether oxygens (including phenoxy) is 6. The fourth-order valence-electron chi connectivity index (χ4n) is 17.4. The summed E-state index contributed by atoms with van der Waals surface area (Å²) in [6.07, 6.45) is 0. The summed E-state index contributed by atoms with van der Waals surface area (Å²) in [5, 5.41) is 0. The summed E-state index contributed by atoms with van der Waals surface area (Å²) in [6, 6.07) is 83.1. The second-order valence-corrected chi connectivity index (χ2v) is 24.3. The second kappa shape index (κ2) is 16.9. The van der Waals surface area contributed by atoms with E-state index in [2.05, 4.69) is 218 Å². The maximum Gasteiger partial charge on any atom is 0.119 e. The van der Waals surface area contributed by atoms with Crippen molar-refractivity contribution < 1.29 is 28.4 Å². The van der Waals surface area contributed by atoms with Gasteiger partial charge in [-0.1, -0.05) is 109 Å². The third-order valence-electron chi connectivity index (χ3n) is 21.1. The van der Waals surface area contributed by atoms with Gasteiger partial charge in [-0.3, -0.25) is 0 Å². The first kappa shape index (κ1) is 48.8. The van der Waals surface area contributed by atoms with Crippen LogP contribution in [-0.2, 0) is 16.2 Å². The van der Waals surface area contributed by atoms with Gasteiger partial charge in [-0.05, 0) is 276 Å². The van der Waals surface area contributed by atoms with E-state index in [1.807, 2.05) is 0 Å². The van der Waals surface area contributed by atoms with Gasteiger partial charge in [0, 0.05) is 0 Å². The molecule has 7 aliphatic rings. The van der Waals surface area contributed by atoms with Crippen molar-refractivity contribution in [3.63, 3.8) is 0 Å². The lowest BCUT2D eigenvalue weighted by atomic mass is 9.69. The highest BCUT2D eigenvalue weighted by atomic mass is 16.5. The summed E-state index contributed by atoms with van der Waals surface area (Å²) in [7, 11) is 10.6. The highest BCUT2D eigenvalue weighted by molar-refractivity contribution is 6.02. The van der Waals surface area contributed by atoms with Crippen molar-refractivity contribution in [1.82, 2.24) is 0 Å². The largest absolute Gasteiger partial charge is 0.497 e. The van der Waals surface area contributed by atoms with Gasteiger partial charge in [-0.2, -0.15) is 0 Å². The molecule has 0 N–H and O–H groups in total. The molecule has 0 atom stereocenters. The van der Waals surface area contributed by atoms with Crippen LogP contribution >= 0.6 is 0 Å². The van der Waals surface area contributed by atoms with Crippen LogP contribution in [0, 0.1) is 0 Å². The van der Waals surface area contributed by atoms with E-state index in [-0.39, 0.29) is 0 Å². The van der Waals surface area contributed by atoms with Gasteiger partial charge in [0.15, 0.2) is 0 Å². The Morgan fingerprint density at radius 3 is 0.425 bits per heavy atom. The van der Waals surface area contributed by atoms with Crippen molar-refractivity contribution in [2.24, 2.45) is 0 Å². The lowest BCUT2D eigenvalue weighted by Gasteiger charge is -2.32. The van der Waals surface area contributed by atoms with Gasteiger partial charge >= 0.3 is 0 Å². The quantitative estimate of drug-likeness (QED) is 0.165. The Kier molecular flexibility index (Phi) is 9.46. The van der Waals surface area contributed by atoms with Gasteiger partial charge < -0.3 is 28.4 Å². The normalized spacial score (nSPS) is 18.1. The van der Waals surface area contributed by atoms with Crippen molar-refractivity contribution in [3.8, 4) is 135 Å². The molecule has 0 saturated carbocycles. The highest BCUT2D eigenvalue weighted by Crippen LogP contribution is 2.69. The summed E-state index contributed by atoms with van der Waals surface area (Å²) in [5.74, 6) is 4.84. The molecule has 6 nitrogen and oxygen atoms in total. The average molecular weight is 1120 g/mol. The van der Waals surface area contributed by atoms with Crippen LogP contribution in [0.4, 0.5) is 0 Å². The smallest absolute Gasteiger partial charge is 0.119 e. The molecule has 6 heteroatoms. The fraction of sp³-hybridized carbons (Fsp3) is 0.111. The molecule has 0 radical (unpaired) electrons. The van der Waals surface area contributed by atoms with Crippen LogP contribution in [-0.4, -0.2) is 42.7 Å². The highest BCUT2D eigenvalue weighted by Gasteiger charge is 2.56. The first-order chi connectivity index (χ1) is 42.8. The molecule has 0 saturated heterocycles. The SMILES string of the molecule is COc1ccc2c(c1)C13c4cc(OC)ccc4-c4ccc(cc41)-c1ccc4c(c1)C1(c5cc(OC)ccc5-4)c4cc(OC)ccc4-c4ccc(cc41)-c1ccc4c(c1)C1(c5cc(OC)ccc5-c5ccc(cc51)-c1ccc-2c3c1)c1cc(OC)ccc1-4. The molecule has 0 fully saturated rings. The Hall–Kier alpha value is -10.6. The van der Waals surface area contributed by atoms with Gasteiger partial charge in [0.05, 0.1) is 58.9 Å². The minimum atomic E-state index is -0.773. The Morgan fingerprint density at radius 2 is 0.287 bits per heavy atom. The monoisotopic (exact) mass is 1120 g/mol. The molecule has 0 heterocycles. The van der Waals surface area contributed by atoms with E-state index in [4.69, 9.17) is 28.4 Å². The van der Waals surface area contributed by atoms with Crippen molar-refractivity contribution in [1.29, 1.82) is 0 Å². The fourth-order valence-corrected chi connectivity index (χ4v) is 17.4. The molecule has 87 heavy (non-hydrogen) atoms. The zero-order chi connectivity index (χ0) is 58.0. The molecular weight excluding hydrogens is 1070 g/mol. The standard InChI is InChI=1S/C81H54O6/c1-82-49-13-25-61-55-19-7-43-31-67(55)79(73(61)37-49)68-32-44(8-20-56(68)62-26-14-50(83-2)38-74(62)79)46-10-22-58-64-28-16-52(85-4)40-76(64)81(70(58)34-46)72-36-48(12-24-60(72)66-30-18-54(87-6)42-78(66)81)47-11-23-59-65-29-17-53(86-5)41-77(65)80(71(59)35-47)69-33-45(43)9-21-57(69)63-27-15-51(84-3)39-75(63)80/h7-42H,1-6H3. The van der Waals surface area contributed by atoms with Crippen molar-refractivity contribution >= 4 is 0 Å². The maximum absolute atomic E-state index is 6.18. The predicted molar refractivity (Wildman–Crippen MR) is 345 cm³/mol. The van der Waals surface area contributed by atoms with Crippen LogP contribution in [0.1, 0.15) is 66.8 Å². The molecule has 0 aromatic heterocycles. The summed E-state index contributed by atoms with van der Waals surface area (Å²) < 4.78 is 37.1. The van der Waals surface area contributed by atoms with Gasteiger partial charge in [0.1, 0.15) is 34.5 Å². The van der Waals surface area contributed by atoms with Gasteiger partial charge in [-0.15, -0.1) is 0 Å². The van der Waals surface area contributed by atoms with Crippen LogP contribution in [0.5, 0.6) is 34.5 Å². The average Bonchev–Trinajstić information content (AvgIpc) is 1.53. The van der Waals surface area contributed by atoms with Crippen LogP contribution in [0.2, 0.25) is 0 Å². The molecule has 12 bridgehead atoms. The summed E-state index contributed by atoms with van der Waals surface area (Å²) in [4.78, 5) is 0. The summed E-state index contributed by atoms with van der Waals surface area (Å²) in [6.45, 7) is 0. The Labute approximate surface area is 504 Å². The molecule has 12 aromatic carbocycles. The van der Waals surface area contributed by atoms with Crippen LogP contribution in [0.15, 0.2) is 218 Å². The third-order valence-corrected chi connectivity index (χ3v) is 21.1. The van der Waals surface area contributed by atoms with E-state index in [1.165, 1.54) is 134 Å². The zero-order valence-corrected chi connectivity index (χ0v) is 48.7. The van der Waals surface area contributed by atoms with Gasteiger partial charge in [0.25, 0.3) is 0 Å². The molecule has 0 aliphatic heterocycles. The van der Waals surface area contributed by atoms with E-state index in [1.54, 1.807) is 42.7 Å². The number of fused-ring (bicyclic) bond motifs is 21. The molecular formula is C81H54O6. The zero-order valence-electron chi connectivity index (χ0n) is 48.7. The summed E-state index contributed by atoms with van der Waals surface area (Å²) >= 11 is 0. The minimum absolute atomic E-state index is 0.773. The van der Waals surface area contributed by atoms with Gasteiger partial charge in [-0.25, -0.2) is 0 Å². The van der Waals surface area contributed by atoms with E-state index in [0.717, 1.165) is 67.9 Å². The topological polar surface area (TPSA) is 55.4 Å². The number of rotatable bonds is 6. The van der Waals surface area contributed by atoms with Crippen molar-refractivity contribution in [2.45, 2.75) is 16.2 Å². The Morgan fingerprint density at radius 1 is 0.161 bits per heavy atom. The van der Waals surface area contributed by atoms with Crippen LogP contribution in [0.3, 0.4) is 0 Å². The number of hydrogen-bond acceptors (Lipinski definition) is 6. The number of hydrogen-bond donors (Lipinski definition) is 0. The van der Waals surface area contributed by atoms with E-state index >= 15 is 0 Å². The predicted octanol–water partition coefficient (Wildman–Crippen LogP) is 18.1. The van der Waals surface area contributed by atoms with E-state index in [9.17, 15) is 0 Å². The molecule has 0 unspecified atom stereocenters. The van der Waals surface area contributed by atoms with Crippen LogP contribution < -0.4 is 28.4 Å². The first-order valence-electron chi connectivity index (χ1n) is 29.8. The minimum Gasteiger partial charge on any atom is -0.497 e. The lowest BCUT2D eigenvalue weighted by molar-refractivity contribution is 0.413. The van der Waals surface area contributed by atoms with Crippen molar-refractivity contribution in [2.75, 3.05) is 42.7 Å².